The van der Waals surface area contributed by atoms with Crippen molar-refractivity contribution >= 4 is 0 Å². The van der Waals surface area contributed by atoms with Crippen LogP contribution in [0.3, 0.4) is 0 Å². The Hall–Kier alpha value is -0.900. The van der Waals surface area contributed by atoms with Crippen molar-refractivity contribution in [3.05, 3.63) is 35.9 Å². The van der Waals surface area contributed by atoms with E-state index in [4.69, 9.17) is 5.84 Å². The van der Waals surface area contributed by atoms with E-state index in [1.807, 2.05) is 0 Å². The minimum atomic E-state index is 0.471. The monoisotopic (exact) mass is 191 g/mol. The molecule has 1 unspecified atom stereocenters. The minimum Gasteiger partial charge on any atom is -0.297 e. The fourth-order valence-electron chi connectivity index (χ4n) is 1.95. The zero-order chi connectivity index (χ0) is 9.80. The maximum absolute atomic E-state index is 5.41. The zero-order valence-corrected chi connectivity index (χ0v) is 8.32. The summed E-state index contributed by atoms with van der Waals surface area (Å²) >= 11 is 0. The second-order valence-corrected chi connectivity index (χ2v) is 3.87. The number of nitrogens with zero attached hydrogens (tertiary/aromatic N) is 1. The van der Waals surface area contributed by atoms with E-state index in [1.165, 1.54) is 5.56 Å². The standard InChI is InChI=1S/C11H17N3/c12-13-11-6-7-14(9-11)8-10-4-2-1-3-5-10/h1-5,11,13H,6-9,12H2. The van der Waals surface area contributed by atoms with Gasteiger partial charge >= 0.3 is 0 Å². The Morgan fingerprint density at radius 2 is 2.14 bits per heavy atom. The number of likely N-dealkylation sites (tertiary alicyclic amines) is 1. The summed E-state index contributed by atoms with van der Waals surface area (Å²) < 4.78 is 0. The van der Waals surface area contributed by atoms with Crippen LogP contribution in [0.25, 0.3) is 0 Å². The van der Waals surface area contributed by atoms with Crippen molar-refractivity contribution < 1.29 is 0 Å². The molecule has 76 valence electrons. The second-order valence-electron chi connectivity index (χ2n) is 3.87. The number of rotatable bonds is 3. The van der Waals surface area contributed by atoms with Crippen molar-refractivity contribution in [3.8, 4) is 0 Å². The molecule has 0 saturated carbocycles. The van der Waals surface area contributed by atoms with Gasteiger partial charge in [-0.15, -0.1) is 0 Å². The SMILES string of the molecule is NNC1CCN(Cc2ccccc2)C1. The number of hydrogen-bond acceptors (Lipinski definition) is 3. The van der Waals surface area contributed by atoms with Crippen LogP contribution >= 0.6 is 0 Å². The lowest BCUT2D eigenvalue weighted by molar-refractivity contribution is 0.320. The van der Waals surface area contributed by atoms with Gasteiger partial charge in [0.25, 0.3) is 0 Å². The summed E-state index contributed by atoms with van der Waals surface area (Å²) in [5.41, 5.74) is 4.22. The van der Waals surface area contributed by atoms with Crippen LogP contribution in [0, 0.1) is 0 Å². The molecular formula is C11H17N3. The van der Waals surface area contributed by atoms with Gasteiger partial charge in [-0.3, -0.25) is 16.2 Å². The molecular weight excluding hydrogens is 174 g/mol. The molecule has 0 bridgehead atoms. The Bertz CT molecular complexity index is 273. The molecule has 0 aliphatic carbocycles. The first-order valence-corrected chi connectivity index (χ1v) is 5.11. The van der Waals surface area contributed by atoms with Crippen LogP contribution in [0.1, 0.15) is 12.0 Å². The Kier molecular flexibility index (Phi) is 3.14. The molecule has 1 saturated heterocycles. The number of hydrazine groups is 1. The second kappa shape index (κ2) is 4.55. The number of benzene rings is 1. The van der Waals surface area contributed by atoms with Crippen molar-refractivity contribution in [2.75, 3.05) is 13.1 Å². The molecule has 1 heterocycles. The van der Waals surface area contributed by atoms with E-state index < -0.39 is 0 Å². The van der Waals surface area contributed by atoms with Gasteiger partial charge in [-0.1, -0.05) is 30.3 Å². The summed E-state index contributed by atoms with van der Waals surface area (Å²) in [4.78, 5) is 2.43. The summed E-state index contributed by atoms with van der Waals surface area (Å²) in [5.74, 6) is 5.41. The average molecular weight is 191 g/mol. The molecule has 0 aromatic heterocycles. The highest BCUT2D eigenvalue weighted by Gasteiger charge is 2.20. The lowest BCUT2D eigenvalue weighted by Gasteiger charge is -2.15. The molecule has 1 atom stereocenters. The van der Waals surface area contributed by atoms with E-state index >= 15 is 0 Å². The fraction of sp³-hybridized carbons (Fsp3) is 0.455. The average Bonchev–Trinajstić information content (AvgIpc) is 2.67. The van der Waals surface area contributed by atoms with E-state index in [0.29, 0.717) is 6.04 Å². The molecule has 0 radical (unpaired) electrons. The Labute approximate surface area is 84.9 Å². The lowest BCUT2D eigenvalue weighted by atomic mass is 10.2. The van der Waals surface area contributed by atoms with Crippen molar-refractivity contribution in [1.29, 1.82) is 0 Å². The number of hydrogen-bond donors (Lipinski definition) is 2. The third-order valence-corrected chi connectivity index (χ3v) is 2.76. The van der Waals surface area contributed by atoms with Crippen molar-refractivity contribution in [2.45, 2.75) is 19.0 Å². The van der Waals surface area contributed by atoms with Crippen molar-refractivity contribution in [2.24, 2.45) is 5.84 Å². The fourth-order valence-corrected chi connectivity index (χ4v) is 1.95. The molecule has 1 aromatic rings. The van der Waals surface area contributed by atoms with Crippen LogP contribution < -0.4 is 11.3 Å². The largest absolute Gasteiger partial charge is 0.297 e. The number of nitrogens with two attached hydrogens (primary N) is 1. The van der Waals surface area contributed by atoms with Gasteiger partial charge < -0.3 is 0 Å². The molecule has 3 nitrogen and oxygen atoms in total. The Morgan fingerprint density at radius 3 is 2.79 bits per heavy atom. The van der Waals surface area contributed by atoms with Crippen LogP contribution in [0.2, 0.25) is 0 Å². The van der Waals surface area contributed by atoms with Gasteiger partial charge in [0.2, 0.25) is 0 Å². The topological polar surface area (TPSA) is 41.3 Å². The molecule has 1 fully saturated rings. The minimum absolute atomic E-state index is 0.471. The summed E-state index contributed by atoms with van der Waals surface area (Å²) in [5, 5.41) is 0. The van der Waals surface area contributed by atoms with Gasteiger partial charge in [-0.25, -0.2) is 0 Å². The van der Waals surface area contributed by atoms with E-state index in [2.05, 4.69) is 40.7 Å². The Balaban J connectivity index is 1.88. The van der Waals surface area contributed by atoms with Crippen LogP contribution in [-0.4, -0.2) is 24.0 Å². The molecule has 1 aliphatic heterocycles. The van der Waals surface area contributed by atoms with Gasteiger partial charge in [0.15, 0.2) is 0 Å². The molecule has 3 heteroatoms. The molecule has 14 heavy (non-hydrogen) atoms. The molecule has 0 spiro atoms. The van der Waals surface area contributed by atoms with Gasteiger partial charge in [0.05, 0.1) is 0 Å². The molecule has 1 aliphatic rings. The smallest absolute Gasteiger partial charge is 0.0350 e. The zero-order valence-electron chi connectivity index (χ0n) is 8.32. The van der Waals surface area contributed by atoms with E-state index in [1.54, 1.807) is 0 Å². The Morgan fingerprint density at radius 1 is 1.36 bits per heavy atom. The van der Waals surface area contributed by atoms with Crippen molar-refractivity contribution in [1.82, 2.24) is 10.3 Å². The highest BCUT2D eigenvalue weighted by atomic mass is 15.3. The van der Waals surface area contributed by atoms with Gasteiger partial charge in [0, 0.05) is 25.7 Å². The molecule has 1 aromatic carbocycles. The predicted molar refractivity (Wildman–Crippen MR) is 57.4 cm³/mol. The number of nitrogens with one attached hydrogen (secondary N) is 1. The van der Waals surface area contributed by atoms with Crippen molar-refractivity contribution in [3.63, 3.8) is 0 Å². The third-order valence-electron chi connectivity index (χ3n) is 2.76. The van der Waals surface area contributed by atoms with Gasteiger partial charge in [0.1, 0.15) is 0 Å². The molecule has 2 rings (SSSR count). The quantitative estimate of drug-likeness (QED) is 0.546. The van der Waals surface area contributed by atoms with Gasteiger partial charge in [-0.05, 0) is 12.0 Å². The first-order valence-electron chi connectivity index (χ1n) is 5.11. The van der Waals surface area contributed by atoms with Crippen LogP contribution in [0.15, 0.2) is 30.3 Å². The maximum atomic E-state index is 5.41. The summed E-state index contributed by atoms with van der Waals surface area (Å²) in [6.07, 6.45) is 1.16. The van der Waals surface area contributed by atoms with E-state index in [0.717, 1.165) is 26.1 Å². The van der Waals surface area contributed by atoms with Gasteiger partial charge in [-0.2, -0.15) is 0 Å². The lowest BCUT2D eigenvalue weighted by Crippen LogP contribution is -2.37. The van der Waals surface area contributed by atoms with E-state index in [-0.39, 0.29) is 0 Å². The van der Waals surface area contributed by atoms with E-state index in [9.17, 15) is 0 Å². The first kappa shape index (κ1) is 9.65. The predicted octanol–water partition coefficient (Wildman–Crippen LogP) is 0.724. The first-order chi connectivity index (χ1) is 6.88. The summed E-state index contributed by atoms with van der Waals surface area (Å²) in [6, 6.07) is 11.0. The third kappa shape index (κ3) is 2.32. The highest BCUT2D eigenvalue weighted by Crippen LogP contribution is 2.12. The molecule has 0 amide bonds. The highest BCUT2D eigenvalue weighted by molar-refractivity contribution is 5.14. The normalized spacial score (nSPS) is 22.8. The van der Waals surface area contributed by atoms with Crippen LogP contribution in [-0.2, 0) is 6.54 Å². The summed E-state index contributed by atoms with van der Waals surface area (Å²) in [6.45, 7) is 3.24. The van der Waals surface area contributed by atoms with Crippen LogP contribution in [0.4, 0.5) is 0 Å². The maximum Gasteiger partial charge on any atom is 0.0350 e. The molecule has 3 N–H and O–H groups in total. The van der Waals surface area contributed by atoms with Crippen LogP contribution in [0.5, 0.6) is 0 Å². The summed E-state index contributed by atoms with van der Waals surface area (Å²) in [7, 11) is 0.